The number of benzene rings is 1. The molecule has 0 saturated carbocycles. The number of ether oxygens (including phenoxy) is 1. The number of hydrogen-bond acceptors (Lipinski definition) is 3. The molecule has 1 aliphatic rings. The minimum Gasteiger partial charge on any atom is -0.378 e. The lowest BCUT2D eigenvalue weighted by Crippen LogP contribution is -2.33. The molecule has 1 aliphatic heterocycles. The van der Waals surface area contributed by atoms with Crippen LogP contribution in [0.3, 0.4) is 0 Å². The van der Waals surface area contributed by atoms with Crippen molar-refractivity contribution < 1.29 is 4.74 Å². The fraction of sp³-hybridized carbons (Fsp3) is 0.571. The van der Waals surface area contributed by atoms with Gasteiger partial charge in [-0.3, -0.25) is 0 Å². The minimum absolute atomic E-state index is 0. The average molecular weight is 271 g/mol. The Bertz CT molecular complexity index is 359. The average Bonchev–Trinajstić information content (AvgIpc) is 2.37. The van der Waals surface area contributed by atoms with Crippen LogP contribution in [0.1, 0.15) is 24.8 Å². The largest absolute Gasteiger partial charge is 0.378 e. The lowest BCUT2D eigenvalue weighted by Gasteiger charge is -2.34. The highest BCUT2D eigenvalue weighted by molar-refractivity contribution is 5.85. The molecule has 1 atom stereocenters. The van der Waals surface area contributed by atoms with Crippen LogP contribution >= 0.6 is 12.4 Å². The molecular formula is C14H23ClN2O. The van der Waals surface area contributed by atoms with Crippen molar-refractivity contribution in [2.24, 2.45) is 5.73 Å². The highest BCUT2D eigenvalue weighted by Gasteiger charge is 2.20. The molecule has 0 amide bonds. The summed E-state index contributed by atoms with van der Waals surface area (Å²) < 4.78 is 5.46. The minimum atomic E-state index is 0. The van der Waals surface area contributed by atoms with Crippen LogP contribution < -0.4 is 10.6 Å². The molecule has 0 fully saturated rings. The predicted octanol–water partition coefficient (Wildman–Crippen LogP) is 2.40. The Kier molecular flexibility index (Phi) is 6.47. The number of anilines is 1. The molecule has 3 nitrogen and oxygen atoms in total. The maximum atomic E-state index is 5.46. The molecule has 0 spiro atoms. The van der Waals surface area contributed by atoms with Gasteiger partial charge in [-0.25, -0.2) is 0 Å². The molecule has 2 N–H and O–H groups in total. The predicted molar refractivity (Wildman–Crippen MR) is 78.8 cm³/mol. The van der Waals surface area contributed by atoms with Gasteiger partial charge in [0.05, 0.1) is 13.2 Å². The zero-order valence-corrected chi connectivity index (χ0v) is 11.8. The third-order valence-corrected chi connectivity index (χ3v) is 3.41. The van der Waals surface area contributed by atoms with Gasteiger partial charge in [-0.05, 0) is 24.0 Å². The second-order valence-corrected chi connectivity index (χ2v) is 4.64. The van der Waals surface area contributed by atoms with Gasteiger partial charge in [0.15, 0.2) is 0 Å². The number of halogens is 1. The number of nitrogens with zero attached hydrogens (tertiary/aromatic N) is 1. The second kappa shape index (κ2) is 7.62. The van der Waals surface area contributed by atoms with E-state index in [2.05, 4.69) is 36.1 Å². The standard InChI is InChI=1S/C14H22N2O.ClH/c1-12-6-8-16(9-11-17-10-7-15)14-5-3-2-4-13(12)14;/h2-5,12H,6-11,15H2,1H3;1H. The quantitative estimate of drug-likeness (QED) is 0.835. The number of nitrogens with two attached hydrogens (primary N) is 1. The smallest absolute Gasteiger partial charge is 0.0642 e. The van der Waals surface area contributed by atoms with E-state index >= 15 is 0 Å². The Hall–Kier alpha value is -0.770. The van der Waals surface area contributed by atoms with Crippen LogP contribution in [0.15, 0.2) is 24.3 Å². The van der Waals surface area contributed by atoms with Crippen molar-refractivity contribution >= 4 is 18.1 Å². The summed E-state index contributed by atoms with van der Waals surface area (Å²) in [5.41, 5.74) is 8.25. The van der Waals surface area contributed by atoms with Crippen molar-refractivity contribution in [3.05, 3.63) is 29.8 Å². The van der Waals surface area contributed by atoms with Gasteiger partial charge in [0.2, 0.25) is 0 Å². The molecule has 2 rings (SSSR count). The molecule has 1 aromatic carbocycles. The summed E-state index contributed by atoms with van der Waals surface area (Å²) in [5.74, 6) is 0.674. The summed E-state index contributed by atoms with van der Waals surface area (Å²) >= 11 is 0. The fourth-order valence-corrected chi connectivity index (χ4v) is 2.41. The molecule has 1 aromatic rings. The molecule has 0 aliphatic carbocycles. The first kappa shape index (κ1) is 15.3. The first-order chi connectivity index (χ1) is 8.33. The van der Waals surface area contributed by atoms with Gasteiger partial charge in [0.25, 0.3) is 0 Å². The van der Waals surface area contributed by atoms with E-state index in [1.807, 2.05) is 0 Å². The van der Waals surface area contributed by atoms with Crippen molar-refractivity contribution in [1.82, 2.24) is 0 Å². The van der Waals surface area contributed by atoms with E-state index in [4.69, 9.17) is 10.5 Å². The highest BCUT2D eigenvalue weighted by atomic mass is 35.5. The molecule has 102 valence electrons. The Morgan fingerprint density at radius 1 is 1.33 bits per heavy atom. The summed E-state index contributed by atoms with van der Waals surface area (Å²) in [5, 5.41) is 0. The van der Waals surface area contributed by atoms with E-state index < -0.39 is 0 Å². The zero-order chi connectivity index (χ0) is 12.1. The van der Waals surface area contributed by atoms with Gasteiger partial charge in [-0.1, -0.05) is 25.1 Å². The molecule has 1 unspecified atom stereocenters. The van der Waals surface area contributed by atoms with E-state index in [-0.39, 0.29) is 12.4 Å². The van der Waals surface area contributed by atoms with Crippen LogP contribution in [-0.4, -0.2) is 32.8 Å². The number of fused-ring (bicyclic) bond motifs is 1. The summed E-state index contributed by atoms with van der Waals surface area (Å²) in [6.45, 7) is 6.43. The maximum Gasteiger partial charge on any atom is 0.0642 e. The molecule has 1 heterocycles. The molecule has 0 bridgehead atoms. The van der Waals surface area contributed by atoms with Crippen LogP contribution in [-0.2, 0) is 4.74 Å². The van der Waals surface area contributed by atoms with Crippen LogP contribution in [0.5, 0.6) is 0 Å². The normalized spacial score (nSPS) is 18.1. The van der Waals surface area contributed by atoms with Gasteiger partial charge < -0.3 is 15.4 Å². The lowest BCUT2D eigenvalue weighted by atomic mass is 9.92. The summed E-state index contributed by atoms with van der Waals surface area (Å²) in [4.78, 5) is 2.42. The highest BCUT2D eigenvalue weighted by Crippen LogP contribution is 2.34. The summed E-state index contributed by atoms with van der Waals surface area (Å²) in [7, 11) is 0. The van der Waals surface area contributed by atoms with Crippen LogP contribution in [0.2, 0.25) is 0 Å². The van der Waals surface area contributed by atoms with Crippen molar-refractivity contribution in [1.29, 1.82) is 0 Å². The molecule has 0 saturated heterocycles. The van der Waals surface area contributed by atoms with E-state index in [9.17, 15) is 0 Å². The van der Waals surface area contributed by atoms with Gasteiger partial charge in [-0.15, -0.1) is 12.4 Å². The lowest BCUT2D eigenvalue weighted by molar-refractivity contribution is 0.147. The monoisotopic (exact) mass is 270 g/mol. The van der Waals surface area contributed by atoms with Crippen molar-refractivity contribution in [3.63, 3.8) is 0 Å². The van der Waals surface area contributed by atoms with E-state index in [0.29, 0.717) is 19.1 Å². The van der Waals surface area contributed by atoms with E-state index in [1.54, 1.807) is 0 Å². The molecule has 0 radical (unpaired) electrons. The Morgan fingerprint density at radius 2 is 2.11 bits per heavy atom. The summed E-state index contributed by atoms with van der Waals surface area (Å²) in [6, 6.07) is 8.70. The second-order valence-electron chi connectivity index (χ2n) is 4.64. The van der Waals surface area contributed by atoms with Gasteiger partial charge >= 0.3 is 0 Å². The zero-order valence-electron chi connectivity index (χ0n) is 11.0. The molecular weight excluding hydrogens is 248 g/mol. The van der Waals surface area contributed by atoms with Crippen molar-refractivity contribution in [3.8, 4) is 0 Å². The SMILES string of the molecule is CC1CCN(CCOCCN)c2ccccc21.Cl. The first-order valence-electron chi connectivity index (χ1n) is 6.44. The maximum absolute atomic E-state index is 5.46. The van der Waals surface area contributed by atoms with Gasteiger partial charge in [0, 0.05) is 25.3 Å². The molecule has 0 aromatic heterocycles. The van der Waals surface area contributed by atoms with Gasteiger partial charge in [0.1, 0.15) is 0 Å². The Labute approximate surface area is 116 Å². The molecule has 4 heteroatoms. The van der Waals surface area contributed by atoms with Crippen LogP contribution in [0, 0.1) is 0 Å². The van der Waals surface area contributed by atoms with Crippen LogP contribution in [0.4, 0.5) is 5.69 Å². The van der Waals surface area contributed by atoms with E-state index in [0.717, 1.165) is 19.7 Å². The summed E-state index contributed by atoms with van der Waals surface area (Å²) in [6.07, 6.45) is 1.23. The topological polar surface area (TPSA) is 38.5 Å². The third-order valence-electron chi connectivity index (χ3n) is 3.41. The third kappa shape index (κ3) is 3.61. The Balaban J connectivity index is 0.00000162. The van der Waals surface area contributed by atoms with E-state index in [1.165, 1.54) is 17.7 Å². The number of hydrogen-bond donors (Lipinski definition) is 1. The first-order valence-corrected chi connectivity index (χ1v) is 6.44. The number of para-hydroxylation sites is 1. The van der Waals surface area contributed by atoms with Crippen LogP contribution in [0.25, 0.3) is 0 Å². The van der Waals surface area contributed by atoms with Gasteiger partial charge in [-0.2, -0.15) is 0 Å². The number of rotatable bonds is 5. The fourth-order valence-electron chi connectivity index (χ4n) is 2.41. The molecule has 18 heavy (non-hydrogen) atoms. The Morgan fingerprint density at radius 3 is 2.89 bits per heavy atom. The van der Waals surface area contributed by atoms with Crippen molar-refractivity contribution in [2.75, 3.05) is 37.7 Å². The van der Waals surface area contributed by atoms with Crippen molar-refractivity contribution in [2.45, 2.75) is 19.3 Å².